The molecule has 5 nitrogen and oxygen atoms in total. The van der Waals surface area contributed by atoms with Crippen LogP contribution >= 0.6 is 0 Å². The Labute approximate surface area is 148 Å². The van der Waals surface area contributed by atoms with Crippen LogP contribution in [0.2, 0.25) is 0 Å². The molecule has 25 heavy (non-hydrogen) atoms. The Bertz CT molecular complexity index is 762. The molecule has 5 heteroatoms. The van der Waals surface area contributed by atoms with Gasteiger partial charge in [0.15, 0.2) is 11.5 Å². The van der Waals surface area contributed by atoms with Crippen LogP contribution in [0.1, 0.15) is 24.5 Å². The van der Waals surface area contributed by atoms with Gasteiger partial charge in [0.1, 0.15) is 6.10 Å². The number of benzene rings is 1. The summed E-state index contributed by atoms with van der Waals surface area (Å²) in [7, 11) is 3.85. The van der Waals surface area contributed by atoms with Crippen molar-refractivity contribution >= 4 is 0 Å². The molecular weight excluding hydrogens is 318 g/mol. The average molecular weight is 343 g/mol. The number of hydrogen-bond acceptors (Lipinski definition) is 5. The second kappa shape index (κ2) is 5.00. The lowest BCUT2D eigenvalue weighted by atomic mass is 9.52. The van der Waals surface area contributed by atoms with E-state index in [4.69, 9.17) is 14.2 Å². The van der Waals surface area contributed by atoms with Crippen molar-refractivity contribution in [2.24, 2.45) is 5.92 Å². The van der Waals surface area contributed by atoms with Gasteiger partial charge in [0.25, 0.3) is 5.79 Å². The Balaban J connectivity index is 1.83. The maximum atomic E-state index is 10.9. The molecule has 1 aromatic rings. The van der Waals surface area contributed by atoms with Crippen molar-refractivity contribution in [2.75, 3.05) is 27.3 Å². The molecule has 134 valence electrons. The van der Waals surface area contributed by atoms with Crippen LogP contribution in [0.25, 0.3) is 0 Å². The Morgan fingerprint density at radius 3 is 2.96 bits per heavy atom. The van der Waals surface area contributed by atoms with Crippen LogP contribution < -0.4 is 9.47 Å². The molecule has 4 aliphatic rings. The fourth-order valence-electron chi connectivity index (χ4n) is 5.86. The van der Waals surface area contributed by atoms with Gasteiger partial charge >= 0.3 is 0 Å². The molecule has 5 rings (SSSR count). The van der Waals surface area contributed by atoms with E-state index in [1.807, 2.05) is 19.1 Å². The number of nitrogens with zero attached hydrogens (tertiary/aromatic N) is 1. The highest BCUT2D eigenvalue weighted by atomic mass is 16.7. The summed E-state index contributed by atoms with van der Waals surface area (Å²) in [6.07, 6.45) is 5.13. The van der Waals surface area contributed by atoms with Gasteiger partial charge in [-0.15, -0.1) is 0 Å². The molecular formula is C20H25NO4. The smallest absolute Gasteiger partial charge is 0.250 e. The monoisotopic (exact) mass is 343 g/mol. The Kier molecular flexibility index (Phi) is 3.13. The third-order valence-electron chi connectivity index (χ3n) is 6.86. The molecule has 1 N–H and O–H groups in total. The van der Waals surface area contributed by atoms with Crippen LogP contribution in [0.4, 0.5) is 0 Å². The lowest BCUT2D eigenvalue weighted by molar-refractivity contribution is -0.264. The summed E-state index contributed by atoms with van der Waals surface area (Å²) in [5.74, 6) is 0.721. The minimum absolute atomic E-state index is 0.264. The third-order valence-corrected chi connectivity index (χ3v) is 6.86. The van der Waals surface area contributed by atoms with Gasteiger partial charge in [-0.25, -0.2) is 0 Å². The minimum Gasteiger partial charge on any atom is -0.490 e. The van der Waals surface area contributed by atoms with Crippen LogP contribution in [0.5, 0.6) is 11.5 Å². The summed E-state index contributed by atoms with van der Waals surface area (Å²) < 4.78 is 18.3. The van der Waals surface area contributed by atoms with Gasteiger partial charge in [-0.2, -0.15) is 0 Å². The van der Waals surface area contributed by atoms with Gasteiger partial charge < -0.3 is 24.2 Å². The number of ether oxygens (including phenoxy) is 3. The number of methoxy groups -OCH3 is 1. The zero-order chi connectivity index (χ0) is 17.4. The first-order valence-corrected chi connectivity index (χ1v) is 9.19. The molecule has 1 aromatic carbocycles. The van der Waals surface area contributed by atoms with E-state index in [2.05, 4.69) is 24.1 Å². The van der Waals surface area contributed by atoms with Gasteiger partial charge in [0, 0.05) is 24.6 Å². The van der Waals surface area contributed by atoms with E-state index in [9.17, 15) is 5.11 Å². The van der Waals surface area contributed by atoms with Gasteiger partial charge in [-0.1, -0.05) is 18.2 Å². The Hall–Kier alpha value is -1.56. The molecule has 0 aromatic heterocycles. The van der Waals surface area contributed by atoms with Crippen LogP contribution in [0.15, 0.2) is 24.3 Å². The first-order chi connectivity index (χ1) is 12.1. The number of aliphatic hydroxyl groups excluding tert-OH is 1. The van der Waals surface area contributed by atoms with Crippen molar-refractivity contribution in [1.82, 2.24) is 4.90 Å². The highest BCUT2D eigenvalue weighted by molar-refractivity contribution is 5.63. The maximum absolute atomic E-state index is 10.9. The zero-order valence-corrected chi connectivity index (χ0v) is 15.0. The number of aliphatic hydroxyl groups is 1. The zero-order valence-electron chi connectivity index (χ0n) is 15.0. The molecule has 0 saturated carbocycles. The van der Waals surface area contributed by atoms with E-state index in [0.29, 0.717) is 12.6 Å². The van der Waals surface area contributed by atoms with E-state index >= 15 is 0 Å². The van der Waals surface area contributed by atoms with E-state index < -0.39 is 11.9 Å². The third kappa shape index (κ3) is 1.60. The van der Waals surface area contributed by atoms with Gasteiger partial charge in [0.05, 0.1) is 12.0 Å². The average Bonchev–Trinajstić information content (AvgIpc) is 2.93. The van der Waals surface area contributed by atoms with Crippen molar-refractivity contribution in [1.29, 1.82) is 0 Å². The highest BCUT2D eigenvalue weighted by Gasteiger charge is 2.73. The molecule has 0 radical (unpaired) electrons. The van der Waals surface area contributed by atoms with E-state index in [-0.39, 0.29) is 11.3 Å². The van der Waals surface area contributed by atoms with Gasteiger partial charge in [-0.3, -0.25) is 0 Å². The molecule has 0 unspecified atom stereocenters. The van der Waals surface area contributed by atoms with Crippen LogP contribution in [-0.2, 0) is 16.6 Å². The number of piperidine rings is 1. The number of likely N-dealkylation sites (N-methyl/N-ethyl adjacent to an activating group) is 1. The lowest BCUT2D eigenvalue weighted by Crippen LogP contribution is -2.71. The summed E-state index contributed by atoms with van der Waals surface area (Å²) in [4.78, 5) is 2.44. The molecule has 5 atom stereocenters. The first kappa shape index (κ1) is 15.7. The summed E-state index contributed by atoms with van der Waals surface area (Å²) in [6, 6.07) is 4.57. The second-order valence-electron chi connectivity index (χ2n) is 7.66. The van der Waals surface area contributed by atoms with E-state index in [0.717, 1.165) is 30.9 Å². The van der Waals surface area contributed by atoms with Gasteiger partial charge in [0.2, 0.25) is 0 Å². The molecule has 2 bridgehead atoms. The van der Waals surface area contributed by atoms with Crippen LogP contribution in [-0.4, -0.2) is 55.2 Å². The minimum atomic E-state index is -1.07. The molecule has 2 aliphatic carbocycles. The van der Waals surface area contributed by atoms with Crippen LogP contribution in [0, 0.1) is 5.92 Å². The summed E-state index contributed by atoms with van der Waals surface area (Å²) in [5, 5.41) is 10.9. The first-order valence-electron chi connectivity index (χ1n) is 9.19. The maximum Gasteiger partial charge on any atom is 0.250 e. The van der Waals surface area contributed by atoms with E-state index in [1.165, 1.54) is 11.1 Å². The standard InChI is InChI=1S/C20H25NO4/c1-4-24-15-7-5-12-11-14-13-6-8-16(22)20(23-3)19(13,9-10-21(14)2)17(12)18(15)25-20/h5-8,13-14,16,22H,4,9-11H2,1-3H3/t13-,14+,16-,19-,20-/m0/s1. The number of likely N-dealkylation sites (tertiary alicyclic amines) is 1. The quantitative estimate of drug-likeness (QED) is 0.849. The molecule has 2 aliphatic heterocycles. The summed E-state index contributed by atoms with van der Waals surface area (Å²) >= 11 is 0. The van der Waals surface area contributed by atoms with Crippen LogP contribution in [0.3, 0.4) is 0 Å². The molecule has 1 spiro atoms. The largest absolute Gasteiger partial charge is 0.490 e. The Morgan fingerprint density at radius 2 is 2.20 bits per heavy atom. The fourth-order valence-corrected chi connectivity index (χ4v) is 5.86. The molecule has 0 amide bonds. The fraction of sp³-hybridized carbons (Fsp3) is 0.600. The predicted octanol–water partition coefficient (Wildman–Crippen LogP) is 1.87. The van der Waals surface area contributed by atoms with Crippen molar-refractivity contribution in [3.63, 3.8) is 0 Å². The number of hydrogen-bond donors (Lipinski definition) is 1. The Morgan fingerprint density at radius 1 is 1.36 bits per heavy atom. The van der Waals surface area contributed by atoms with Crippen molar-refractivity contribution in [2.45, 2.75) is 43.1 Å². The molecule has 2 heterocycles. The lowest BCUT2D eigenvalue weighted by Gasteiger charge is -2.59. The second-order valence-corrected chi connectivity index (χ2v) is 7.66. The molecule has 1 saturated heterocycles. The van der Waals surface area contributed by atoms with Crippen molar-refractivity contribution in [3.8, 4) is 11.5 Å². The van der Waals surface area contributed by atoms with Crippen molar-refractivity contribution in [3.05, 3.63) is 35.4 Å². The summed E-state index contributed by atoms with van der Waals surface area (Å²) in [6.45, 7) is 3.52. The predicted molar refractivity (Wildman–Crippen MR) is 93.0 cm³/mol. The van der Waals surface area contributed by atoms with Gasteiger partial charge in [-0.05, 0) is 45.0 Å². The topological polar surface area (TPSA) is 51.2 Å². The summed E-state index contributed by atoms with van der Waals surface area (Å²) in [5.41, 5.74) is 2.15. The van der Waals surface area contributed by atoms with Crippen molar-refractivity contribution < 1.29 is 19.3 Å². The number of rotatable bonds is 3. The normalized spacial score (nSPS) is 40.6. The van der Waals surface area contributed by atoms with E-state index in [1.54, 1.807) is 7.11 Å². The highest BCUT2D eigenvalue weighted by Crippen LogP contribution is 2.66. The molecule has 1 fully saturated rings. The SMILES string of the molecule is CCOc1ccc2c3c1O[C@@]1(OC)[C@@H](O)C=C[C@H]4[C@@H](C2)N(C)CC[C@@]341.